The summed E-state index contributed by atoms with van der Waals surface area (Å²) in [5, 5.41) is 0. The average molecular weight is 342 g/mol. The fraction of sp³-hybridized carbons (Fsp3) is 0.467. The zero-order chi connectivity index (χ0) is 12.7. The van der Waals surface area contributed by atoms with Gasteiger partial charge in [-0.3, -0.25) is 0 Å². The fourth-order valence-electron chi connectivity index (χ4n) is 2.13. The number of quaternary nitrogens is 1. The average Bonchev–Trinajstić information content (AvgIpc) is 2.41. The third kappa shape index (κ3) is 3.72. The lowest BCUT2D eigenvalue weighted by Crippen LogP contribution is -2.53. The van der Waals surface area contributed by atoms with E-state index in [0.717, 1.165) is 30.5 Å². The quantitative estimate of drug-likeness (QED) is 0.244. The molecule has 1 aromatic rings. The summed E-state index contributed by atoms with van der Waals surface area (Å²) < 4.78 is 1.28. The number of benzene rings is 1. The molecule has 0 N–H and O–H groups in total. The molecule has 0 radical (unpaired) electrons. The molecule has 92 valence electrons. The van der Waals surface area contributed by atoms with Gasteiger partial charge < -0.3 is 4.48 Å². The molecule has 0 aliphatic carbocycles. The second-order valence-corrected chi connectivity index (χ2v) is 5.49. The third-order valence-corrected chi connectivity index (χ3v) is 5.11. The van der Waals surface area contributed by atoms with Crippen LogP contribution in [0, 0.1) is 12.3 Å². The Morgan fingerprint density at radius 2 is 1.82 bits per heavy atom. The summed E-state index contributed by atoms with van der Waals surface area (Å²) in [6.07, 6.45) is 6.71. The molecule has 0 fully saturated rings. The van der Waals surface area contributed by atoms with E-state index in [4.69, 9.17) is 6.42 Å². The molecule has 2 heteroatoms. The van der Waals surface area contributed by atoms with Crippen LogP contribution >= 0.6 is 22.6 Å². The van der Waals surface area contributed by atoms with E-state index in [0.29, 0.717) is 0 Å². The zero-order valence-corrected chi connectivity index (χ0v) is 12.9. The first-order valence-corrected chi connectivity index (χ1v) is 7.43. The van der Waals surface area contributed by atoms with Crippen LogP contribution in [0.5, 0.6) is 0 Å². The molecule has 1 atom stereocenters. The minimum absolute atomic E-state index is 0.270. The van der Waals surface area contributed by atoms with Gasteiger partial charge in [-0.15, -0.1) is 6.42 Å². The molecule has 1 rings (SSSR count). The summed E-state index contributed by atoms with van der Waals surface area (Å²) in [4.78, 5) is 0. The zero-order valence-electron chi connectivity index (χ0n) is 10.7. The van der Waals surface area contributed by atoms with Crippen molar-refractivity contribution in [2.75, 3.05) is 19.6 Å². The van der Waals surface area contributed by atoms with Gasteiger partial charge in [-0.1, -0.05) is 30.3 Å². The maximum Gasteiger partial charge on any atom is 0.200 e. The van der Waals surface area contributed by atoms with Crippen molar-refractivity contribution in [3.63, 3.8) is 0 Å². The van der Waals surface area contributed by atoms with Crippen LogP contribution in [0.15, 0.2) is 30.3 Å². The van der Waals surface area contributed by atoms with Crippen LogP contribution in [0.2, 0.25) is 0 Å². The standard InChI is InChI=1S/C15H21IN/c1-4-15(16)17(5-2,6-3)13-12-14-10-8-7-9-11-14/h1,7-11,15H,5-6,12-13H2,2-3H3/q+1. The smallest absolute Gasteiger partial charge is 0.200 e. The summed E-state index contributed by atoms with van der Waals surface area (Å²) in [5.41, 5.74) is 1.40. The lowest BCUT2D eigenvalue weighted by Gasteiger charge is -2.39. The van der Waals surface area contributed by atoms with Crippen molar-refractivity contribution in [3.05, 3.63) is 35.9 Å². The summed E-state index contributed by atoms with van der Waals surface area (Å²) in [5.74, 6) is 2.90. The van der Waals surface area contributed by atoms with Gasteiger partial charge in [0.15, 0.2) is 0 Å². The predicted octanol–water partition coefficient (Wildman–Crippen LogP) is 3.48. The van der Waals surface area contributed by atoms with Crippen molar-refractivity contribution in [2.24, 2.45) is 0 Å². The van der Waals surface area contributed by atoms with Gasteiger partial charge in [-0.25, -0.2) is 0 Å². The molecule has 17 heavy (non-hydrogen) atoms. The summed E-state index contributed by atoms with van der Waals surface area (Å²) in [7, 11) is 0. The SMILES string of the molecule is C#CC(I)[N+](CC)(CC)CCc1ccccc1. The monoisotopic (exact) mass is 342 g/mol. The number of halogens is 1. The Balaban J connectivity index is 2.72. The summed E-state index contributed by atoms with van der Waals surface area (Å²) >= 11 is 2.40. The summed E-state index contributed by atoms with van der Waals surface area (Å²) in [6, 6.07) is 10.7. The molecule has 0 heterocycles. The number of nitrogens with zero attached hydrogens (tertiary/aromatic N) is 1. The first-order valence-electron chi connectivity index (χ1n) is 6.18. The van der Waals surface area contributed by atoms with Crippen molar-refractivity contribution in [3.8, 4) is 12.3 Å². The van der Waals surface area contributed by atoms with Crippen LogP contribution in [-0.4, -0.2) is 28.2 Å². The van der Waals surface area contributed by atoms with Crippen LogP contribution in [0.25, 0.3) is 0 Å². The number of rotatable bonds is 6. The van der Waals surface area contributed by atoms with E-state index in [1.807, 2.05) is 0 Å². The molecule has 1 nitrogen and oxygen atoms in total. The largest absolute Gasteiger partial charge is 0.303 e. The van der Waals surface area contributed by atoms with Gasteiger partial charge in [0, 0.05) is 29.0 Å². The minimum Gasteiger partial charge on any atom is -0.303 e. The van der Waals surface area contributed by atoms with E-state index in [2.05, 4.69) is 72.7 Å². The Hall–Kier alpha value is -0.530. The van der Waals surface area contributed by atoms with Gasteiger partial charge in [0.25, 0.3) is 0 Å². The Bertz CT molecular complexity index is 362. The normalized spacial score (nSPS) is 13.1. The van der Waals surface area contributed by atoms with E-state index in [1.54, 1.807) is 0 Å². The second kappa shape index (κ2) is 7.03. The molecule has 0 aliphatic rings. The van der Waals surface area contributed by atoms with Crippen molar-refractivity contribution >= 4 is 22.6 Å². The molecule has 0 aliphatic heterocycles. The first-order chi connectivity index (χ1) is 8.18. The van der Waals surface area contributed by atoms with Crippen LogP contribution in [-0.2, 0) is 6.42 Å². The van der Waals surface area contributed by atoms with Crippen LogP contribution < -0.4 is 0 Å². The highest BCUT2D eigenvalue weighted by Crippen LogP contribution is 2.20. The molecular weight excluding hydrogens is 321 g/mol. The van der Waals surface area contributed by atoms with Gasteiger partial charge in [-0.2, -0.15) is 0 Å². The molecule has 0 aromatic heterocycles. The highest BCUT2D eigenvalue weighted by molar-refractivity contribution is 14.1. The number of likely N-dealkylation sites (N-methyl/N-ethyl adjacent to an activating group) is 1. The number of alkyl halides is 1. The van der Waals surface area contributed by atoms with Crippen molar-refractivity contribution in [1.82, 2.24) is 0 Å². The molecule has 0 spiro atoms. The van der Waals surface area contributed by atoms with Gasteiger partial charge in [-0.05, 0) is 25.3 Å². The predicted molar refractivity (Wildman–Crippen MR) is 83.0 cm³/mol. The Labute approximate surface area is 119 Å². The van der Waals surface area contributed by atoms with Gasteiger partial charge in [0.05, 0.1) is 19.6 Å². The van der Waals surface area contributed by atoms with E-state index in [1.165, 1.54) is 5.56 Å². The van der Waals surface area contributed by atoms with Crippen LogP contribution in [0.1, 0.15) is 19.4 Å². The minimum atomic E-state index is 0.270. The molecule has 0 saturated carbocycles. The summed E-state index contributed by atoms with van der Waals surface area (Å²) in [6.45, 7) is 7.78. The van der Waals surface area contributed by atoms with Gasteiger partial charge in [0.2, 0.25) is 4.05 Å². The molecule has 1 unspecified atom stereocenters. The van der Waals surface area contributed by atoms with E-state index in [-0.39, 0.29) is 4.05 Å². The van der Waals surface area contributed by atoms with Crippen molar-refractivity contribution in [1.29, 1.82) is 0 Å². The Kier molecular flexibility index (Phi) is 6.01. The number of hydrogen-bond donors (Lipinski definition) is 0. The maximum atomic E-state index is 5.61. The first kappa shape index (κ1) is 14.5. The second-order valence-electron chi connectivity index (χ2n) is 4.31. The molecule has 0 saturated heterocycles. The fourth-order valence-corrected chi connectivity index (χ4v) is 3.19. The Morgan fingerprint density at radius 1 is 1.24 bits per heavy atom. The number of hydrogen-bond acceptors (Lipinski definition) is 0. The van der Waals surface area contributed by atoms with Crippen LogP contribution in [0.3, 0.4) is 0 Å². The van der Waals surface area contributed by atoms with E-state index in [9.17, 15) is 0 Å². The Morgan fingerprint density at radius 3 is 2.29 bits per heavy atom. The van der Waals surface area contributed by atoms with Crippen LogP contribution in [0.4, 0.5) is 0 Å². The molecule has 0 amide bonds. The topological polar surface area (TPSA) is 0 Å². The lowest BCUT2D eigenvalue weighted by molar-refractivity contribution is -0.923. The lowest BCUT2D eigenvalue weighted by atomic mass is 10.1. The van der Waals surface area contributed by atoms with Gasteiger partial charge in [0.1, 0.15) is 0 Å². The third-order valence-electron chi connectivity index (χ3n) is 3.57. The number of terminal acetylenes is 1. The molecular formula is C15H21IN+. The van der Waals surface area contributed by atoms with Crippen molar-refractivity contribution in [2.45, 2.75) is 24.3 Å². The van der Waals surface area contributed by atoms with E-state index >= 15 is 0 Å². The van der Waals surface area contributed by atoms with Crippen molar-refractivity contribution < 1.29 is 4.48 Å². The maximum absolute atomic E-state index is 5.61. The van der Waals surface area contributed by atoms with Gasteiger partial charge >= 0.3 is 0 Å². The highest BCUT2D eigenvalue weighted by atomic mass is 127. The molecule has 1 aromatic carbocycles. The van der Waals surface area contributed by atoms with E-state index < -0.39 is 0 Å². The highest BCUT2D eigenvalue weighted by Gasteiger charge is 2.29. The molecule has 0 bridgehead atoms.